The van der Waals surface area contributed by atoms with E-state index >= 15 is 0 Å². The molecule has 0 bridgehead atoms. The lowest BCUT2D eigenvalue weighted by Gasteiger charge is -1.93. The van der Waals surface area contributed by atoms with E-state index in [9.17, 15) is 4.39 Å². The molecule has 0 amide bonds. The summed E-state index contributed by atoms with van der Waals surface area (Å²) in [5.41, 5.74) is 1.59. The molecular weight excluding hydrogens is 247 g/mol. The summed E-state index contributed by atoms with van der Waals surface area (Å²) in [6, 6.07) is 5.93. The molecule has 6 heteroatoms. The van der Waals surface area contributed by atoms with Gasteiger partial charge in [-0.2, -0.15) is 4.98 Å². The molecule has 0 saturated heterocycles. The number of hydrogen-bond donors (Lipinski definition) is 0. The number of benzene rings is 1. The summed E-state index contributed by atoms with van der Waals surface area (Å²) >= 11 is 0. The van der Waals surface area contributed by atoms with E-state index in [1.165, 1.54) is 18.5 Å². The van der Waals surface area contributed by atoms with E-state index in [4.69, 9.17) is 4.52 Å². The van der Waals surface area contributed by atoms with Crippen molar-refractivity contribution in [3.63, 3.8) is 0 Å². The molecule has 2 heterocycles. The van der Waals surface area contributed by atoms with Crippen LogP contribution in [0.25, 0.3) is 11.4 Å². The third kappa shape index (κ3) is 2.62. The van der Waals surface area contributed by atoms with Crippen LogP contribution in [0, 0.1) is 5.82 Å². The smallest absolute Gasteiger partial charge is 0.231 e. The number of hydrogen-bond acceptors (Lipinski definition) is 5. The van der Waals surface area contributed by atoms with Crippen molar-refractivity contribution in [1.82, 2.24) is 20.1 Å². The van der Waals surface area contributed by atoms with Crippen LogP contribution in [0.3, 0.4) is 0 Å². The molecule has 0 aliphatic carbocycles. The maximum Gasteiger partial charge on any atom is 0.231 e. The molecule has 0 saturated carbocycles. The fraction of sp³-hybridized carbons (Fsp3) is 0.0769. The first-order valence-electron chi connectivity index (χ1n) is 5.64. The highest BCUT2D eigenvalue weighted by Gasteiger charge is 2.09. The molecule has 0 N–H and O–H groups in total. The van der Waals surface area contributed by atoms with Crippen molar-refractivity contribution < 1.29 is 8.91 Å². The van der Waals surface area contributed by atoms with Crippen molar-refractivity contribution in [2.45, 2.75) is 6.42 Å². The van der Waals surface area contributed by atoms with Gasteiger partial charge in [0.15, 0.2) is 0 Å². The average molecular weight is 256 g/mol. The van der Waals surface area contributed by atoms with Gasteiger partial charge >= 0.3 is 0 Å². The van der Waals surface area contributed by atoms with Crippen LogP contribution in [0.4, 0.5) is 4.39 Å². The van der Waals surface area contributed by atoms with E-state index in [0.29, 0.717) is 23.7 Å². The summed E-state index contributed by atoms with van der Waals surface area (Å²) in [7, 11) is 0. The number of rotatable bonds is 3. The molecule has 3 rings (SSSR count). The van der Waals surface area contributed by atoms with E-state index in [-0.39, 0.29) is 5.82 Å². The summed E-state index contributed by atoms with van der Waals surface area (Å²) < 4.78 is 18.0. The van der Waals surface area contributed by atoms with Gasteiger partial charge in [-0.3, -0.25) is 0 Å². The third-order valence-corrected chi connectivity index (χ3v) is 2.54. The maximum absolute atomic E-state index is 12.8. The van der Waals surface area contributed by atoms with Crippen LogP contribution in [0.5, 0.6) is 0 Å². The maximum atomic E-state index is 12.8. The van der Waals surface area contributed by atoms with E-state index in [2.05, 4.69) is 20.1 Å². The standard InChI is InChI=1S/C13H9FN4O/c14-11-3-1-10(2-4-11)13-17-12(19-18-13)5-9-6-15-8-16-7-9/h1-4,6-8H,5H2. The van der Waals surface area contributed by atoms with Gasteiger partial charge in [0.25, 0.3) is 0 Å². The first-order valence-corrected chi connectivity index (χ1v) is 5.64. The first kappa shape index (κ1) is 11.5. The summed E-state index contributed by atoms with van der Waals surface area (Å²) in [6.45, 7) is 0. The topological polar surface area (TPSA) is 64.7 Å². The van der Waals surface area contributed by atoms with Crippen LogP contribution in [0.15, 0.2) is 47.5 Å². The second-order valence-corrected chi connectivity index (χ2v) is 3.94. The lowest BCUT2D eigenvalue weighted by atomic mass is 10.2. The van der Waals surface area contributed by atoms with Crippen molar-refractivity contribution in [3.05, 3.63) is 60.3 Å². The van der Waals surface area contributed by atoms with Gasteiger partial charge in [0.05, 0.1) is 6.42 Å². The van der Waals surface area contributed by atoms with Gasteiger partial charge in [-0.1, -0.05) is 5.16 Å². The minimum absolute atomic E-state index is 0.297. The number of aromatic nitrogens is 4. The van der Waals surface area contributed by atoms with Crippen LogP contribution < -0.4 is 0 Å². The molecule has 0 spiro atoms. The van der Waals surface area contributed by atoms with E-state index in [0.717, 1.165) is 5.56 Å². The Hall–Kier alpha value is -2.63. The Morgan fingerprint density at radius 2 is 1.79 bits per heavy atom. The third-order valence-electron chi connectivity index (χ3n) is 2.54. The van der Waals surface area contributed by atoms with Gasteiger partial charge in [-0.05, 0) is 29.8 Å². The highest BCUT2D eigenvalue weighted by atomic mass is 19.1. The van der Waals surface area contributed by atoms with Crippen molar-refractivity contribution in [2.24, 2.45) is 0 Å². The van der Waals surface area contributed by atoms with Gasteiger partial charge in [0, 0.05) is 18.0 Å². The second kappa shape index (κ2) is 4.93. The summed E-state index contributed by atoms with van der Waals surface area (Å²) in [4.78, 5) is 12.1. The Morgan fingerprint density at radius 1 is 1.05 bits per heavy atom. The monoisotopic (exact) mass is 256 g/mol. The average Bonchev–Trinajstić information content (AvgIpc) is 2.89. The van der Waals surface area contributed by atoms with Crippen LogP contribution in [0.1, 0.15) is 11.5 Å². The lowest BCUT2D eigenvalue weighted by Crippen LogP contribution is -1.90. The van der Waals surface area contributed by atoms with Crippen molar-refractivity contribution in [2.75, 3.05) is 0 Å². The molecule has 0 fully saturated rings. The largest absolute Gasteiger partial charge is 0.339 e. The van der Waals surface area contributed by atoms with Crippen LogP contribution >= 0.6 is 0 Å². The fourth-order valence-corrected chi connectivity index (χ4v) is 1.64. The van der Waals surface area contributed by atoms with Crippen LogP contribution in [-0.4, -0.2) is 20.1 Å². The van der Waals surface area contributed by atoms with Crippen LogP contribution in [-0.2, 0) is 6.42 Å². The molecular formula is C13H9FN4O. The molecule has 5 nitrogen and oxygen atoms in total. The minimum atomic E-state index is -0.297. The number of nitrogens with zero attached hydrogens (tertiary/aromatic N) is 4. The summed E-state index contributed by atoms with van der Waals surface area (Å²) in [5, 5.41) is 3.86. The van der Waals surface area contributed by atoms with Gasteiger partial charge in [0.1, 0.15) is 12.1 Å². The number of halogens is 1. The normalized spacial score (nSPS) is 10.6. The SMILES string of the molecule is Fc1ccc(-c2noc(Cc3cncnc3)n2)cc1. The van der Waals surface area contributed by atoms with Crippen LogP contribution in [0.2, 0.25) is 0 Å². The Bertz CT molecular complexity index is 667. The predicted molar refractivity (Wildman–Crippen MR) is 64.5 cm³/mol. The zero-order chi connectivity index (χ0) is 13.1. The molecule has 0 radical (unpaired) electrons. The minimum Gasteiger partial charge on any atom is -0.339 e. The molecule has 0 aliphatic heterocycles. The molecule has 0 unspecified atom stereocenters. The Labute approximate surface area is 108 Å². The first-order chi connectivity index (χ1) is 9.31. The van der Waals surface area contributed by atoms with E-state index in [1.807, 2.05) is 0 Å². The second-order valence-electron chi connectivity index (χ2n) is 3.94. The summed E-state index contributed by atoms with van der Waals surface area (Å²) in [6.07, 6.45) is 5.31. The van der Waals surface area contributed by atoms with Crippen molar-refractivity contribution in [1.29, 1.82) is 0 Å². The van der Waals surface area contributed by atoms with Gasteiger partial charge < -0.3 is 4.52 Å². The molecule has 0 aliphatic rings. The quantitative estimate of drug-likeness (QED) is 0.719. The Kier molecular flexibility index (Phi) is 2.97. The zero-order valence-electron chi connectivity index (χ0n) is 9.82. The fourth-order valence-electron chi connectivity index (χ4n) is 1.64. The van der Waals surface area contributed by atoms with E-state index in [1.54, 1.807) is 24.5 Å². The van der Waals surface area contributed by atoms with E-state index < -0.39 is 0 Å². The Morgan fingerprint density at radius 3 is 2.53 bits per heavy atom. The van der Waals surface area contributed by atoms with Gasteiger partial charge in [-0.15, -0.1) is 0 Å². The molecule has 94 valence electrons. The molecule has 0 atom stereocenters. The van der Waals surface area contributed by atoms with Gasteiger partial charge in [-0.25, -0.2) is 14.4 Å². The van der Waals surface area contributed by atoms with Crippen molar-refractivity contribution >= 4 is 0 Å². The zero-order valence-corrected chi connectivity index (χ0v) is 9.82. The highest BCUT2D eigenvalue weighted by molar-refractivity contribution is 5.53. The van der Waals surface area contributed by atoms with Crippen molar-refractivity contribution in [3.8, 4) is 11.4 Å². The predicted octanol–water partition coefficient (Wildman–Crippen LogP) is 2.26. The lowest BCUT2D eigenvalue weighted by molar-refractivity contribution is 0.385. The highest BCUT2D eigenvalue weighted by Crippen LogP contribution is 2.17. The van der Waals surface area contributed by atoms with Gasteiger partial charge in [0.2, 0.25) is 11.7 Å². The molecule has 2 aromatic heterocycles. The molecule has 1 aromatic carbocycles. The molecule has 3 aromatic rings. The molecule has 19 heavy (non-hydrogen) atoms. The Balaban J connectivity index is 1.82. The summed E-state index contributed by atoms with van der Waals surface area (Å²) in [5.74, 6) is 0.606.